The van der Waals surface area contributed by atoms with E-state index in [9.17, 15) is 14.9 Å². The van der Waals surface area contributed by atoms with Gasteiger partial charge in [0.25, 0.3) is 5.69 Å². The van der Waals surface area contributed by atoms with Gasteiger partial charge in [-0.2, -0.15) is 0 Å². The fraction of sp³-hybridized carbons (Fsp3) is 0.133. The van der Waals surface area contributed by atoms with E-state index < -0.39 is 16.6 Å². The Morgan fingerprint density at radius 2 is 1.79 bits per heavy atom. The van der Waals surface area contributed by atoms with Crippen LogP contribution >= 0.6 is 34.8 Å². The van der Waals surface area contributed by atoms with Crippen LogP contribution in [-0.2, 0) is 4.74 Å². The van der Waals surface area contributed by atoms with Gasteiger partial charge in [0.15, 0.2) is 5.75 Å². The summed E-state index contributed by atoms with van der Waals surface area (Å²) >= 11 is 17.9. The molecule has 2 rings (SSSR count). The number of carbonyl (C=O) groups excluding carboxylic acids is 1. The molecule has 0 aliphatic rings. The van der Waals surface area contributed by atoms with E-state index in [0.717, 1.165) is 6.07 Å². The molecule has 0 N–H and O–H groups in total. The number of benzene rings is 2. The summed E-state index contributed by atoms with van der Waals surface area (Å²) in [7, 11) is 0. The monoisotopic (exact) mass is 389 g/mol. The lowest BCUT2D eigenvalue weighted by atomic mass is 10.1. The zero-order valence-electron chi connectivity index (χ0n) is 12.2. The first-order valence-corrected chi connectivity index (χ1v) is 7.74. The Labute approximate surface area is 152 Å². The fourth-order valence-electron chi connectivity index (χ4n) is 1.85. The van der Waals surface area contributed by atoms with Gasteiger partial charge in [0.1, 0.15) is 11.3 Å². The third-order valence-electron chi connectivity index (χ3n) is 2.84. The molecule has 9 heteroatoms. The Kier molecular flexibility index (Phi) is 5.88. The molecule has 0 saturated heterocycles. The van der Waals surface area contributed by atoms with E-state index in [1.54, 1.807) is 6.92 Å². The number of hydrogen-bond acceptors (Lipinski definition) is 5. The highest BCUT2D eigenvalue weighted by Crippen LogP contribution is 2.39. The summed E-state index contributed by atoms with van der Waals surface area (Å²) in [5.41, 5.74) is -0.630. The van der Waals surface area contributed by atoms with Crippen molar-refractivity contribution in [3.63, 3.8) is 0 Å². The van der Waals surface area contributed by atoms with Crippen LogP contribution in [0.5, 0.6) is 11.5 Å². The van der Waals surface area contributed by atoms with E-state index in [2.05, 4.69) is 0 Å². The van der Waals surface area contributed by atoms with E-state index in [1.165, 1.54) is 24.3 Å². The number of nitro groups is 1. The van der Waals surface area contributed by atoms with Crippen molar-refractivity contribution >= 4 is 46.5 Å². The van der Waals surface area contributed by atoms with Gasteiger partial charge in [-0.05, 0) is 25.1 Å². The summed E-state index contributed by atoms with van der Waals surface area (Å²) in [5, 5.41) is 11.7. The average Bonchev–Trinajstić information content (AvgIpc) is 2.50. The SMILES string of the molecule is CCOC(=O)c1cc(Oc2c(Cl)cc(Cl)cc2Cl)ccc1[N+](=O)[O-]. The number of carbonyl (C=O) groups is 1. The van der Waals surface area contributed by atoms with Gasteiger partial charge in [-0.15, -0.1) is 0 Å². The first-order valence-electron chi connectivity index (χ1n) is 6.61. The number of nitro benzene ring substituents is 1. The number of rotatable bonds is 5. The highest BCUT2D eigenvalue weighted by molar-refractivity contribution is 6.40. The van der Waals surface area contributed by atoms with Gasteiger partial charge in [0.05, 0.1) is 21.6 Å². The maximum absolute atomic E-state index is 11.9. The maximum atomic E-state index is 11.9. The summed E-state index contributed by atoms with van der Waals surface area (Å²) < 4.78 is 10.4. The lowest BCUT2D eigenvalue weighted by Crippen LogP contribution is -2.08. The topological polar surface area (TPSA) is 78.7 Å². The van der Waals surface area contributed by atoms with Crippen LogP contribution in [0.3, 0.4) is 0 Å². The third kappa shape index (κ3) is 4.08. The van der Waals surface area contributed by atoms with Gasteiger partial charge >= 0.3 is 5.97 Å². The molecule has 0 unspecified atom stereocenters. The van der Waals surface area contributed by atoms with E-state index in [-0.39, 0.29) is 33.7 Å². The Bertz CT molecular complexity index is 787. The molecule has 0 heterocycles. The normalized spacial score (nSPS) is 10.3. The van der Waals surface area contributed by atoms with Crippen molar-refractivity contribution in [2.24, 2.45) is 0 Å². The van der Waals surface area contributed by atoms with Gasteiger partial charge in [0, 0.05) is 17.2 Å². The van der Waals surface area contributed by atoms with Crippen LogP contribution in [0.1, 0.15) is 17.3 Å². The fourth-order valence-corrected chi connectivity index (χ4v) is 2.75. The van der Waals surface area contributed by atoms with Gasteiger partial charge in [0.2, 0.25) is 0 Å². The second kappa shape index (κ2) is 7.70. The van der Waals surface area contributed by atoms with Gasteiger partial charge in [-0.3, -0.25) is 10.1 Å². The van der Waals surface area contributed by atoms with Crippen LogP contribution in [0.15, 0.2) is 30.3 Å². The number of esters is 1. The summed E-state index contributed by atoms with van der Waals surface area (Å²) in [6.07, 6.45) is 0. The second-order valence-electron chi connectivity index (χ2n) is 4.46. The molecule has 0 aliphatic carbocycles. The minimum Gasteiger partial charge on any atom is -0.462 e. The van der Waals surface area contributed by atoms with Crippen molar-refractivity contribution in [1.29, 1.82) is 0 Å². The predicted octanol–water partition coefficient (Wildman–Crippen LogP) is 5.52. The van der Waals surface area contributed by atoms with Crippen LogP contribution in [0.4, 0.5) is 5.69 Å². The molecule has 126 valence electrons. The average molecular weight is 391 g/mol. The quantitative estimate of drug-likeness (QED) is 0.381. The Morgan fingerprint density at radius 3 is 2.33 bits per heavy atom. The van der Waals surface area contributed by atoms with E-state index >= 15 is 0 Å². The summed E-state index contributed by atoms with van der Waals surface area (Å²) in [6, 6.07) is 6.52. The minimum atomic E-state index is -0.831. The van der Waals surface area contributed by atoms with Crippen molar-refractivity contribution in [3.8, 4) is 11.5 Å². The molecule has 0 radical (unpaired) electrons. The summed E-state index contributed by atoms with van der Waals surface area (Å²) in [6.45, 7) is 1.67. The predicted molar refractivity (Wildman–Crippen MR) is 90.6 cm³/mol. The van der Waals surface area contributed by atoms with Gasteiger partial charge < -0.3 is 9.47 Å². The van der Waals surface area contributed by atoms with Crippen LogP contribution in [0.25, 0.3) is 0 Å². The molecule has 0 saturated carbocycles. The number of hydrogen-bond donors (Lipinski definition) is 0. The van der Waals surface area contributed by atoms with Gasteiger partial charge in [-0.25, -0.2) is 4.79 Å². The van der Waals surface area contributed by atoms with E-state index in [0.29, 0.717) is 5.02 Å². The lowest BCUT2D eigenvalue weighted by molar-refractivity contribution is -0.385. The summed E-state index contributed by atoms with van der Waals surface area (Å²) in [5.74, 6) is -0.580. The van der Waals surface area contributed by atoms with Crippen LogP contribution in [0, 0.1) is 10.1 Å². The van der Waals surface area contributed by atoms with Crippen LogP contribution in [0.2, 0.25) is 15.1 Å². The van der Waals surface area contributed by atoms with Crippen molar-refractivity contribution in [2.45, 2.75) is 6.92 Å². The zero-order valence-corrected chi connectivity index (χ0v) is 14.5. The van der Waals surface area contributed by atoms with Crippen LogP contribution in [-0.4, -0.2) is 17.5 Å². The molecular weight excluding hydrogens is 381 g/mol. The lowest BCUT2D eigenvalue weighted by Gasteiger charge is -2.11. The molecule has 0 fully saturated rings. The third-order valence-corrected chi connectivity index (χ3v) is 3.62. The summed E-state index contributed by atoms with van der Waals surface area (Å²) in [4.78, 5) is 22.3. The molecule has 0 aliphatic heterocycles. The molecule has 0 amide bonds. The number of nitrogens with zero attached hydrogens (tertiary/aromatic N) is 1. The van der Waals surface area contributed by atoms with Crippen molar-refractivity contribution < 1.29 is 19.2 Å². The highest BCUT2D eigenvalue weighted by atomic mass is 35.5. The molecule has 0 atom stereocenters. The first-order chi connectivity index (χ1) is 11.3. The molecule has 2 aromatic carbocycles. The van der Waals surface area contributed by atoms with E-state index in [4.69, 9.17) is 44.3 Å². The number of ether oxygens (including phenoxy) is 2. The molecule has 6 nitrogen and oxygen atoms in total. The smallest absolute Gasteiger partial charge is 0.345 e. The Balaban J connectivity index is 2.44. The molecule has 0 bridgehead atoms. The first kappa shape index (κ1) is 18.3. The molecule has 24 heavy (non-hydrogen) atoms. The highest BCUT2D eigenvalue weighted by Gasteiger charge is 2.23. The molecule has 0 spiro atoms. The molecule has 2 aromatic rings. The maximum Gasteiger partial charge on any atom is 0.345 e. The standard InChI is InChI=1S/C15H10Cl3NO5/c1-2-23-15(20)10-7-9(3-4-13(10)19(21)22)24-14-11(17)5-8(16)6-12(14)18/h3-7H,2H2,1H3. The van der Waals surface area contributed by atoms with Crippen LogP contribution < -0.4 is 4.74 Å². The van der Waals surface area contributed by atoms with Gasteiger partial charge in [-0.1, -0.05) is 34.8 Å². The van der Waals surface area contributed by atoms with Crippen molar-refractivity contribution in [2.75, 3.05) is 6.61 Å². The minimum absolute atomic E-state index is 0.0793. The van der Waals surface area contributed by atoms with E-state index in [1.807, 2.05) is 0 Å². The zero-order chi connectivity index (χ0) is 17.9. The Morgan fingerprint density at radius 1 is 1.17 bits per heavy atom. The molecule has 0 aromatic heterocycles. The second-order valence-corrected chi connectivity index (χ2v) is 5.71. The van der Waals surface area contributed by atoms with Crippen molar-refractivity contribution in [1.82, 2.24) is 0 Å². The Hall–Kier alpha value is -2.02. The van der Waals surface area contributed by atoms with Crippen molar-refractivity contribution in [3.05, 3.63) is 61.1 Å². The molecular formula is C15H10Cl3NO5. The number of halogens is 3. The largest absolute Gasteiger partial charge is 0.462 e.